The zero-order valence-electron chi connectivity index (χ0n) is 10.4. The molecule has 1 aromatic rings. The summed E-state index contributed by atoms with van der Waals surface area (Å²) >= 11 is 3.04. The van der Waals surface area contributed by atoms with E-state index in [9.17, 15) is 18.7 Å². The monoisotopic (exact) mass is 337 g/mol. The summed E-state index contributed by atoms with van der Waals surface area (Å²) in [5, 5.41) is 9.83. The van der Waals surface area contributed by atoms with E-state index in [1.165, 1.54) is 19.1 Å². The van der Waals surface area contributed by atoms with E-state index in [0.29, 0.717) is 5.56 Å². The first-order valence-electron chi connectivity index (χ1n) is 5.52. The highest BCUT2D eigenvalue weighted by Gasteiger charge is 2.49. The van der Waals surface area contributed by atoms with Crippen LogP contribution in [0.4, 0.5) is 8.78 Å². The lowest BCUT2D eigenvalue weighted by Crippen LogP contribution is -2.42. The van der Waals surface area contributed by atoms with Crippen molar-refractivity contribution < 1.29 is 23.4 Å². The average molecular weight is 338 g/mol. The fourth-order valence-corrected chi connectivity index (χ4v) is 2.09. The van der Waals surface area contributed by atoms with E-state index in [1.54, 1.807) is 6.92 Å². The maximum atomic E-state index is 13.8. The number of esters is 1. The Morgan fingerprint density at radius 2 is 2.16 bits per heavy atom. The van der Waals surface area contributed by atoms with Gasteiger partial charge in [0.2, 0.25) is 0 Å². The van der Waals surface area contributed by atoms with Crippen LogP contribution in [0.1, 0.15) is 24.1 Å². The minimum atomic E-state index is -3.93. The highest BCUT2D eigenvalue weighted by molar-refractivity contribution is 9.10. The Labute approximate surface area is 117 Å². The molecule has 0 aliphatic rings. The van der Waals surface area contributed by atoms with Crippen LogP contribution in [0.5, 0.6) is 5.75 Å². The molecule has 0 fully saturated rings. The van der Waals surface area contributed by atoms with Gasteiger partial charge in [0.15, 0.2) is 0 Å². The molecule has 0 aliphatic carbocycles. The second-order valence-electron chi connectivity index (χ2n) is 3.95. The summed E-state index contributed by atoms with van der Waals surface area (Å²) in [5.74, 6) is -6.01. The van der Waals surface area contributed by atoms with Gasteiger partial charge in [-0.25, -0.2) is 4.79 Å². The number of carbonyl (C=O) groups excluding carboxylic acids is 1. The first-order chi connectivity index (χ1) is 8.73. The predicted molar refractivity (Wildman–Crippen MR) is 69.1 cm³/mol. The summed E-state index contributed by atoms with van der Waals surface area (Å²) in [6.45, 7) is 2.78. The third-order valence-corrected chi connectivity index (χ3v) is 3.31. The number of phenolic OH excluding ortho intramolecular Hbond substituents is 1. The lowest BCUT2D eigenvalue weighted by Gasteiger charge is -2.24. The van der Waals surface area contributed by atoms with Gasteiger partial charge in [0, 0.05) is 10.0 Å². The fraction of sp³-hybridized carbons (Fsp3) is 0.417. The molecule has 0 aliphatic heterocycles. The number of phenols is 1. The first-order valence-corrected chi connectivity index (χ1v) is 6.31. The van der Waals surface area contributed by atoms with E-state index in [0.717, 1.165) is 0 Å². The van der Waals surface area contributed by atoms with E-state index in [1.807, 2.05) is 0 Å². The van der Waals surface area contributed by atoms with Gasteiger partial charge in [0.1, 0.15) is 11.8 Å². The zero-order valence-corrected chi connectivity index (χ0v) is 12.0. The van der Waals surface area contributed by atoms with Crippen molar-refractivity contribution in [3.63, 3.8) is 0 Å². The lowest BCUT2D eigenvalue weighted by atomic mass is 9.98. The van der Waals surface area contributed by atoms with Crippen molar-refractivity contribution in [3.05, 3.63) is 27.7 Å². The third kappa shape index (κ3) is 3.03. The maximum Gasteiger partial charge on any atom is 0.379 e. The van der Waals surface area contributed by atoms with E-state index >= 15 is 0 Å². The van der Waals surface area contributed by atoms with Gasteiger partial charge in [-0.2, -0.15) is 8.78 Å². The highest BCUT2D eigenvalue weighted by Crippen LogP contribution is 2.40. The van der Waals surface area contributed by atoms with Gasteiger partial charge in [0.05, 0.1) is 6.61 Å². The minimum absolute atomic E-state index is 0.178. The van der Waals surface area contributed by atoms with Crippen LogP contribution in [-0.2, 0) is 9.53 Å². The molecule has 0 unspecified atom stereocenters. The molecule has 0 bridgehead atoms. The molecule has 0 amide bonds. The van der Waals surface area contributed by atoms with E-state index in [4.69, 9.17) is 5.73 Å². The molecule has 0 saturated heterocycles. The number of aryl methyl sites for hydroxylation is 1. The smallest absolute Gasteiger partial charge is 0.379 e. The number of hydrogen-bond acceptors (Lipinski definition) is 4. The Bertz CT molecular complexity index is 494. The van der Waals surface area contributed by atoms with Crippen LogP contribution >= 0.6 is 15.9 Å². The number of ether oxygens (including phenoxy) is 1. The van der Waals surface area contributed by atoms with Gasteiger partial charge in [0.25, 0.3) is 0 Å². The highest BCUT2D eigenvalue weighted by atomic mass is 79.9. The number of carbonyl (C=O) groups is 1. The van der Waals surface area contributed by atoms with Gasteiger partial charge in [-0.15, -0.1) is 0 Å². The van der Waals surface area contributed by atoms with Crippen molar-refractivity contribution in [2.24, 2.45) is 5.73 Å². The Morgan fingerprint density at radius 3 is 2.68 bits per heavy atom. The molecule has 19 heavy (non-hydrogen) atoms. The number of rotatable bonds is 4. The lowest BCUT2D eigenvalue weighted by molar-refractivity contribution is -0.174. The molecule has 106 valence electrons. The van der Waals surface area contributed by atoms with Crippen molar-refractivity contribution in [2.45, 2.75) is 25.8 Å². The summed E-state index contributed by atoms with van der Waals surface area (Å²) < 4.78 is 32.2. The maximum absolute atomic E-state index is 13.8. The van der Waals surface area contributed by atoms with Crippen LogP contribution in [0.2, 0.25) is 0 Å². The molecule has 0 aromatic heterocycles. The first kappa shape index (κ1) is 15.8. The third-order valence-electron chi connectivity index (χ3n) is 2.61. The number of halogens is 3. The second-order valence-corrected chi connectivity index (χ2v) is 4.80. The van der Waals surface area contributed by atoms with Crippen LogP contribution in [0, 0.1) is 6.92 Å². The van der Waals surface area contributed by atoms with Crippen LogP contribution in [0.15, 0.2) is 16.6 Å². The number of nitrogens with two attached hydrogens (primary N) is 1. The van der Waals surface area contributed by atoms with E-state index in [2.05, 4.69) is 20.7 Å². The molecule has 1 aromatic carbocycles. The quantitative estimate of drug-likeness (QED) is 0.828. The molecule has 1 rings (SSSR count). The van der Waals surface area contributed by atoms with E-state index < -0.39 is 17.9 Å². The normalized spacial score (nSPS) is 13.2. The number of aromatic hydroxyl groups is 1. The van der Waals surface area contributed by atoms with Crippen molar-refractivity contribution in [3.8, 4) is 5.75 Å². The van der Waals surface area contributed by atoms with Crippen molar-refractivity contribution in [1.29, 1.82) is 0 Å². The van der Waals surface area contributed by atoms with Crippen LogP contribution < -0.4 is 5.73 Å². The van der Waals surface area contributed by atoms with Gasteiger partial charge in [-0.3, -0.25) is 0 Å². The van der Waals surface area contributed by atoms with Gasteiger partial charge in [-0.1, -0.05) is 22.0 Å². The largest absolute Gasteiger partial charge is 0.507 e. The van der Waals surface area contributed by atoms with Crippen molar-refractivity contribution in [1.82, 2.24) is 0 Å². The molecule has 1 atom stereocenters. The van der Waals surface area contributed by atoms with Gasteiger partial charge in [-0.05, 0) is 25.5 Å². The van der Waals surface area contributed by atoms with Crippen LogP contribution in [0.3, 0.4) is 0 Å². The summed E-state index contributed by atoms with van der Waals surface area (Å²) in [5.41, 5.74) is 5.59. The second kappa shape index (κ2) is 5.83. The Balaban J connectivity index is 3.23. The Morgan fingerprint density at radius 1 is 1.58 bits per heavy atom. The molecule has 0 saturated carbocycles. The molecule has 0 radical (unpaired) electrons. The summed E-state index contributed by atoms with van der Waals surface area (Å²) in [7, 11) is 0. The summed E-state index contributed by atoms with van der Waals surface area (Å²) in [6.07, 6.45) is 0. The molecule has 4 nitrogen and oxygen atoms in total. The Kier molecular flexibility index (Phi) is 4.86. The van der Waals surface area contributed by atoms with Crippen molar-refractivity contribution >= 4 is 21.9 Å². The molecular formula is C12H14BrF2NO3. The predicted octanol–water partition coefficient (Wildman–Crippen LogP) is 2.66. The van der Waals surface area contributed by atoms with Gasteiger partial charge < -0.3 is 15.6 Å². The Hall–Kier alpha value is -1.21. The number of alkyl halides is 2. The minimum Gasteiger partial charge on any atom is -0.507 e. The number of benzene rings is 1. The van der Waals surface area contributed by atoms with Gasteiger partial charge >= 0.3 is 11.9 Å². The summed E-state index contributed by atoms with van der Waals surface area (Å²) in [4.78, 5) is 11.2. The van der Waals surface area contributed by atoms with Crippen molar-refractivity contribution in [2.75, 3.05) is 6.61 Å². The molecular weight excluding hydrogens is 324 g/mol. The molecule has 7 heteroatoms. The molecule has 3 N–H and O–H groups in total. The fourth-order valence-electron chi connectivity index (χ4n) is 1.52. The SMILES string of the molecule is CCOC(=O)C(F)(F)[C@@H](N)c1c(Br)ccc(C)c1O. The topological polar surface area (TPSA) is 72.5 Å². The van der Waals surface area contributed by atoms with E-state index in [-0.39, 0.29) is 22.4 Å². The zero-order chi connectivity index (χ0) is 14.8. The number of hydrogen-bond donors (Lipinski definition) is 2. The molecule has 0 spiro atoms. The standard InChI is InChI=1S/C12H14BrF2NO3/c1-3-19-11(18)12(14,15)10(16)8-7(13)5-4-6(2)9(8)17/h4-5,10,17H,3,16H2,1-2H3/t10-/m0/s1. The average Bonchev–Trinajstić information content (AvgIpc) is 2.34. The van der Waals surface area contributed by atoms with Crippen LogP contribution in [0.25, 0.3) is 0 Å². The molecule has 0 heterocycles. The summed E-state index contributed by atoms with van der Waals surface area (Å²) in [6, 6.07) is 1.02. The van der Waals surface area contributed by atoms with Crippen LogP contribution in [-0.4, -0.2) is 23.6 Å².